The minimum atomic E-state index is 0.0351. The Morgan fingerprint density at radius 1 is 1.03 bits per heavy atom. The Balaban J connectivity index is 1.54. The minimum absolute atomic E-state index is 0.0351. The fraction of sp³-hybridized carbons (Fsp3) is 0.200. The first-order valence-electron chi connectivity index (χ1n) is 10.2. The van der Waals surface area contributed by atoms with Crippen molar-refractivity contribution in [2.45, 2.75) is 25.8 Å². The van der Waals surface area contributed by atoms with E-state index in [9.17, 15) is 4.79 Å². The fourth-order valence-corrected chi connectivity index (χ4v) is 4.49. The average Bonchev–Trinajstić information content (AvgIpc) is 3.30. The largest absolute Gasteiger partial charge is 0.323 e. The summed E-state index contributed by atoms with van der Waals surface area (Å²) in [4.78, 5) is 19.6. The highest BCUT2D eigenvalue weighted by Crippen LogP contribution is 2.34. The fourth-order valence-electron chi connectivity index (χ4n) is 4.30. The van der Waals surface area contributed by atoms with Crippen LogP contribution in [-0.4, -0.2) is 22.0 Å². The first-order chi connectivity index (χ1) is 14.6. The van der Waals surface area contributed by atoms with Gasteiger partial charge < -0.3 is 9.47 Å². The lowest BCUT2D eigenvalue weighted by atomic mass is 10.1. The Labute approximate surface area is 180 Å². The summed E-state index contributed by atoms with van der Waals surface area (Å²) in [6.45, 7) is 3.48. The molecule has 0 N–H and O–H groups in total. The number of amides is 1. The Kier molecular flexibility index (Phi) is 4.80. The van der Waals surface area contributed by atoms with Gasteiger partial charge in [-0.05, 0) is 48.4 Å². The number of carbonyl (C=O) groups is 1. The lowest BCUT2D eigenvalue weighted by Gasteiger charge is -2.18. The van der Waals surface area contributed by atoms with Gasteiger partial charge in [0.25, 0.3) is 0 Å². The van der Waals surface area contributed by atoms with Crippen LogP contribution in [-0.2, 0) is 11.3 Å². The van der Waals surface area contributed by atoms with Gasteiger partial charge in [-0.25, -0.2) is 4.98 Å². The molecule has 1 aromatic heterocycles. The van der Waals surface area contributed by atoms with E-state index in [4.69, 9.17) is 16.6 Å². The van der Waals surface area contributed by atoms with Gasteiger partial charge in [0, 0.05) is 36.1 Å². The van der Waals surface area contributed by atoms with E-state index >= 15 is 0 Å². The number of hydrogen-bond acceptors (Lipinski definition) is 2. The van der Waals surface area contributed by atoms with Crippen molar-refractivity contribution < 1.29 is 4.79 Å². The zero-order chi connectivity index (χ0) is 20.7. The Morgan fingerprint density at radius 3 is 2.67 bits per heavy atom. The summed E-state index contributed by atoms with van der Waals surface area (Å²) >= 11 is 6.15. The topological polar surface area (TPSA) is 38.1 Å². The lowest BCUT2D eigenvalue weighted by Crippen LogP contribution is -2.24. The highest BCUT2D eigenvalue weighted by Gasteiger charge is 2.35. The predicted molar refractivity (Wildman–Crippen MR) is 121 cm³/mol. The molecular formula is C25H22ClN3O. The molecule has 3 aromatic carbocycles. The first kappa shape index (κ1) is 18.9. The lowest BCUT2D eigenvalue weighted by molar-refractivity contribution is -0.117. The summed E-state index contributed by atoms with van der Waals surface area (Å²) in [5, 5.41) is 0.635. The van der Waals surface area contributed by atoms with Crippen LogP contribution in [0.2, 0.25) is 5.02 Å². The summed E-state index contributed by atoms with van der Waals surface area (Å²) in [5.74, 6) is 1.11. The molecule has 0 spiro atoms. The van der Waals surface area contributed by atoms with Crippen molar-refractivity contribution in [2.75, 3.05) is 11.4 Å². The van der Waals surface area contributed by atoms with Gasteiger partial charge in [-0.15, -0.1) is 0 Å². The second kappa shape index (κ2) is 7.62. The number of rotatable bonds is 4. The zero-order valence-corrected chi connectivity index (χ0v) is 17.5. The third-order valence-corrected chi connectivity index (χ3v) is 6.12. The van der Waals surface area contributed by atoms with Gasteiger partial charge >= 0.3 is 0 Å². The highest BCUT2D eigenvalue weighted by atomic mass is 35.5. The number of carbonyl (C=O) groups excluding carboxylic acids is 1. The third kappa shape index (κ3) is 3.37. The van der Waals surface area contributed by atoms with Crippen molar-refractivity contribution in [1.29, 1.82) is 0 Å². The molecule has 0 radical (unpaired) electrons. The number of aromatic nitrogens is 2. The van der Waals surface area contributed by atoms with Gasteiger partial charge in [0.2, 0.25) is 5.91 Å². The molecule has 150 valence electrons. The summed E-state index contributed by atoms with van der Waals surface area (Å²) < 4.78 is 2.27. The predicted octanol–water partition coefficient (Wildman–Crippen LogP) is 5.57. The van der Waals surface area contributed by atoms with E-state index in [-0.39, 0.29) is 11.8 Å². The van der Waals surface area contributed by atoms with Crippen LogP contribution in [0.4, 0.5) is 5.69 Å². The molecular weight excluding hydrogens is 394 g/mol. The van der Waals surface area contributed by atoms with Crippen LogP contribution in [0.5, 0.6) is 0 Å². The molecule has 4 aromatic rings. The van der Waals surface area contributed by atoms with E-state index in [1.54, 1.807) is 0 Å². The van der Waals surface area contributed by atoms with Crippen molar-refractivity contribution in [3.63, 3.8) is 0 Å². The summed E-state index contributed by atoms with van der Waals surface area (Å²) in [6, 6.07) is 24.1. The second-order valence-electron chi connectivity index (χ2n) is 7.86. The molecule has 1 fully saturated rings. The number of imidazole rings is 1. The number of fused-ring (bicyclic) bond motifs is 1. The number of aryl methyl sites for hydroxylation is 1. The second-order valence-corrected chi connectivity index (χ2v) is 8.29. The van der Waals surface area contributed by atoms with Crippen LogP contribution < -0.4 is 4.90 Å². The molecule has 1 saturated heterocycles. The maximum Gasteiger partial charge on any atom is 0.227 e. The molecule has 2 heterocycles. The zero-order valence-electron chi connectivity index (χ0n) is 16.8. The maximum atomic E-state index is 12.9. The van der Waals surface area contributed by atoms with Gasteiger partial charge in [0.05, 0.1) is 11.0 Å². The minimum Gasteiger partial charge on any atom is -0.323 e. The number of hydrogen-bond donors (Lipinski definition) is 0. The van der Waals surface area contributed by atoms with Crippen LogP contribution in [0, 0.1) is 6.92 Å². The summed E-state index contributed by atoms with van der Waals surface area (Å²) in [7, 11) is 0. The van der Waals surface area contributed by atoms with Gasteiger partial charge in [-0.1, -0.05) is 54.1 Å². The van der Waals surface area contributed by atoms with Crippen molar-refractivity contribution in [1.82, 2.24) is 9.55 Å². The van der Waals surface area contributed by atoms with Crippen molar-refractivity contribution in [3.05, 3.63) is 94.8 Å². The molecule has 0 aliphatic carbocycles. The standard InChI is InChI=1S/C25H22ClN3O/c1-17-7-2-3-8-18(17)15-29-23-12-5-4-11-22(23)27-25(29)19-13-24(30)28(16-19)21-10-6-9-20(26)14-21/h2-12,14,19H,13,15-16H2,1H3/t19-/m1/s1. The Morgan fingerprint density at radius 2 is 1.83 bits per heavy atom. The third-order valence-electron chi connectivity index (χ3n) is 5.88. The quantitative estimate of drug-likeness (QED) is 0.437. The number of anilines is 1. The molecule has 1 amide bonds. The SMILES string of the molecule is Cc1ccccc1Cn1c([C@@H]2CC(=O)N(c3cccc(Cl)c3)C2)nc2ccccc21. The number of nitrogens with zero attached hydrogens (tertiary/aromatic N) is 3. The smallest absolute Gasteiger partial charge is 0.227 e. The van der Waals surface area contributed by atoms with Crippen LogP contribution in [0.15, 0.2) is 72.8 Å². The van der Waals surface area contributed by atoms with Gasteiger partial charge in [0.1, 0.15) is 5.82 Å². The monoisotopic (exact) mass is 415 g/mol. The molecule has 4 nitrogen and oxygen atoms in total. The van der Waals surface area contributed by atoms with E-state index in [0.717, 1.165) is 29.1 Å². The van der Waals surface area contributed by atoms with Crippen molar-refractivity contribution in [2.24, 2.45) is 0 Å². The number of benzene rings is 3. The molecule has 1 atom stereocenters. The summed E-state index contributed by atoms with van der Waals surface area (Å²) in [6.07, 6.45) is 0.448. The first-order valence-corrected chi connectivity index (χ1v) is 10.5. The highest BCUT2D eigenvalue weighted by molar-refractivity contribution is 6.30. The van der Waals surface area contributed by atoms with Crippen molar-refractivity contribution in [3.8, 4) is 0 Å². The van der Waals surface area contributed by atoms with E-state index in [0.29, 0.717) is 18.0 Å². The molecule has 30 heavy (non-hydrogen) atoms. The number of para-hydroxylation sites is 2. The molecule has 5 rings (SSSR count). The van der Waals surface area contributed by atoms with Gasteiger partial charge in [0.15, 0.2) is 0 Å². The van der Waals surface area contributed by atoms with Crippen LogP contribution in [0.1, 0.15) is 29.3 Å². The molecule has 1 aliphatic heterocycles. The van der Waals surface area contributed by atoms with Gasteiger partial charge in [-0.3, -0.25) is 4.79 Å². The normalized spacial score (nSPS) is 16.5. The summed E-state index contributed by atoms with van der Waals surface area (Å²) in [5.41, 5.74) is 5.43. The maximum absolute atomic E-state index is 12.9. The molecule has 5 heteroatoms. The van der Waals surface area contributed by atoms with Crippen LogP contribution in [0.25, 0.3) is 11.0 Å². The molecule has 0 saturated carbocycles. The van der Waals surface area contributed by atoms with Crippen molar-refractivity contribution >= 4 is 34.2 Å². The van der Waals surface area contributed by atoms with Crippen LogP contribution in [0.3, 0.4) is 0 Å². The molecule has 0 bridgehead atoms. The molecule has 0 unspecified atom stereocenters. The van der Waals surface area contributed by atoms with E-state index in [1.807, 2.05) is 47.4 Å². The van der Waals surface area contributed by atoms with E-state index in [2.05, 4.69) is 41.8 Å². The van der Waals surface area contributed by atoms with Gasteiger partial charge in [-0.2, -0.15) is 0 Å². The Bertz CT molecular complexity index is 1250. The number of halogens is 1. The van der Waals surface area contributed by atoms with Crippen LogP contribution >= 0.6 is 11.6 Å². The average molecular weight is 416 g/mol. The molecule has 1 aliphatic rings. The van der Waals surface area contributed by atoms with E-state index in [1.165, 1.54) is 11.1 Å². The van der Waals surface area contributed by atoms with E-state index < -0.39 is 0 Å². The Hall–Kier alpha value is -3.11.